The van der Waals surface area contributed by atoms with Crippen molar-refractivity contribution >= 4 is 17.4 Å². The van der Waals surface area contributed by atoms with Gasteiger partial charge in [0.2, 0.25) is 0 Å². The molecule has 0 saturated carbocycles. The van der Waals surface area contributed by atoms with Gasteiger partial charge in [0.15, 0.2) is 5.82 Å². The van der Waals surface area contributed by atoms with Gasteiger partial charge in [-0.05, 0) is 46.0 Å². The monoisotopic (exact) mass is 563 g/mol. The van der Waals surface area contributed by atoms with E-state index in [1.54, 1.807) is 25.2 Å². The number of anilines is 1. The highest BCUT2D eigenvalue weighted by molar-refractivity contribution is 6.33. The number of hydrogen-bond donors (Lipinski definition) is 2. The number of halogens is 1. The summed E-state index contributed by atoms with van der Waals surface area (Å²) in [4.78, 5) is 21.6. The number of ether oxygens (including phenoxy) is 1. The Labute approximate surface area is 238 Å². The number of rotatable bonds is 9. The molecule has 0 radical (unpaired) electrons. The average molecular weight is 564 g/mol. The van der Waals surface area contributed by atoms with Crippen molar-refractivity contribution in [2.75, 3.05) is 25.1 Å². The Bertz CT molecular complexity index is 1520. The number of aliphatic hydroxyl groups excluding tert-OH is 1. The fourth-order valence-electron chi connectivity index (χ4n) is 4.85. The maximum atomic E-state index is 10.1. The molecular formula is C29H34ClN7O3. The van der Waals surface area contributed by atoms with E-state index < -0.39 is 6.10 Å². The van der Waals surface area contributed by atoms with E-state index in [2.05, 4.69) is 34.2 Å². The van der Waals surface area contributed by atoms with E-state index in [1.165, 1.54) is 0 Å². The first-order valence-corrected chi connectivity index (χ1v) is 13.7. The molecule has 1 aromatic carbocycles. The molecule has 5 rings (SSSR count). The summed E-state index contributed by atoms with van der Waals surface area (Å²) in [6, 6.07) is 5.33. The molecule has 10 nitrogen and oxygen atoms in total. The van der Waals surface area contributed by atoms with Gasteiger partial charge in [-0.1, -0.05) is 30.6 Å². The minimum absolute atomic E-state index is 0.137. The van der Waals surface area contributed by atoms with Gasteiger partial charge in [0.05, 0.1) is 34.2 Å². The lowest BCUT2D eigenvalue weighted by Crippen LogP contribution is -2.29. The van der Waals surface area contributed by atoms with Crippen molar-refractivity contribution in [2.24, 2.45) is 0 Å². The summed E-state index contributed by atoms with van der Waals surface area (Å²) in [5.74, 6) is 3.54. The van der Waals surface area contributed by atoms with Crippen LogP contribution in [0, 0.1) is 20.8 Å². The number of fused-ring (bicyclic) bond motifs is 1. The maximum Gasteiger partial charge on any atom is 0.163 e. The van der Waals surface area contributed by atoms with Gasteiger partial charge in [0, 0.05) is 41.9 Å². The van der Waals surface area contributed by atoms with Crippen molar-refractivity contribution in [1.29, 1.82) is 0 Å². The minimum Gasteiger partial charge on any atom is -0.491 e. The van der Waals surface area contributed by atoms with Gasteiger partial charge in [-0.2, -0.15) is 0 Å². The Balaban J connectivity index is 1.59. The van der Waals surface area contributed by atoms with Crippen LogP contribution in [-0.4, -0.2) is 56.5 Å². The second kappa shape index (κ2) is 11.5. The number of benzene rings is 1. The number of aryl methyl sites for hydroxylation is 2. The van der Waals surface area contributed by atoms with E-state index in [0.717, 1.165) is 45.4 Å². The Morgan fingerprint density at radius 3 is 2.65 bits per heavy atom. The van der Waals surface area contributed by atoms with Crippen LogP contribution in [0.5, 0.6) is 5.75 Å². The van der Waals surface area contributed by atoms with Crippen molar-refractivity contribution in [3.63, 3.8) is 0 Å². The predicted octanol–water partition coefficient (Wildman–Crippen LogP) is 4.77. The van der Waals surface area contributed by atoms with Gasteiger partial charge < -0.3 is 24.6 Å². The molecule has 11 heteroatoms. The normalized spacial score (nSPS) is 13.7. The molecular weight excluding hydrogens is 530 g/mol. The number of nitrogens with one attached hydrogen (secondary N) is 1. The summed E-state index contributed by atoms with van der Waals surface area (Å²) < 4.78 is 11.4. The van der Waals surface area contributed by atoms with Crippen molar-refractivity contribution in [2.45, 2.75) is 59.7 Å². The Morgan fingerprint density at radius 2 is 1.95 bits per heavy atom. The summed E-state index contributed by atoms with van der Waals surface area (Å²) >= 11 is 6.70. The molecule has 0 amide bonds. The van der Waals surface area contributed by atoms with Gasteiger partial charge in [0.25, 0.3) is 0 Å². The first kappa shape index (κ1) is 27.9. The molecule has 0 bridgehead atoms. The standard InChI is InChI=1S/C29H34ClN7O3/c1-15(2)27-32-10-19-12-37(13-24(19)33-27)29-16(3)26(25-17(4)36-40-18(25)5)34-28(35-29)22-9-21(7-8-23(22)30)39-14-20(38)11-31-6/h7-10,15,20,31,38H,11-14H2,1-6H3/t20-/m1/s1. The van der Waals surface area contributed by atoms with Gasteiger partial charge >= 0.3 is 0 Å². The molecule has 2 N–H and O–H groups in total. The lowest BCUT2D eigenvalue weighted by atomic mass is 10.0. The van der Waals surface area contributed by atoms with Crippen molar-refractivity contribution in [3.05, 3.63) is 63.5 Å². The van der Waals surface area contributed by atoms with Gasteiger partial charge in [-0.3, -0.25) is 0 Å². The first-order chi connectivity index (χ1) is 19.2. The molecule has 4 aromatic rings. The minimum atomic E-state index is -0.645. The molecule has 4 heterocycles. The number of aliphatic hydroxyl groups is 1. The Morgan fingerprint density at radius 1 is 1.15 bits per heavy atom. The number of aromatic nitrogens is 5. The molecule has 3 aromatic heterocycles. The Kier molecular flexibility index (Phi) is 8.02. The van der Waals surface area contributed by atoms with E-state index in [9.17, 15) is 5.11 Å². The van der Waals surface area contributed by atoms with Crippen LogP contribution in [0.4, 0.5) is 5.82 Å². The smallest absolute Gasteiger partial charge is 0.163 e. The average Bonchev–Trinajstić information content (AvgIpc) is 3.50. The lowest BCUT2D eigenvalue weighted by molar-refractivity contribution is 0.108. The van der Waals surface area contributed by atoms with Crippen LogP contribution in [0.1, 0.15) is 53.9 Å². The molecule has 0 spiro atoms. The molecule has 0 aliphatic carbocycles. The van der Waals surface area contributed by atoms with E-state index in [1.807, 2.05) is 27.0 Å². The molecule has 1 aliphatic rings. The molecule has 0 unspecified atom stereocenters. The van der Waals surface area contributed by atoms with Crippen molar-refractivity contribution in [1.82, 2.24) is 30.4 Å². The van der Waals surface area contributed by atoms with Crippen LogP contribution in [0.15, 0.2) is 28.9 Å². The predicted molar refractivity (Wildman–Crippen MR) is 154 cm³/mol. The van der Waals surface area contributed by atoms with E-state index in [4.69, 9.17) is 35.8 Å². The molecule has 1 atom stereocenters. The van der Waals surface area contributed by atoms with E-state index >= 15 is 0 Å². The quantitative estimate of drug-likeness (QED) is 0.294. The number of likely N-dealkylation sites (N-methyl/N-ethyl adjacent to an activating group) is 1. The van der Waals surface area contributed by atoms with Crippen LogP contribution in [0.3, 0.4) is 0 Å². The van der Waals surface area contributed by atoms with E-state index in [-0.39, 0.29) is 12.5 Å². The third-order valence-corrected chi connectivity index (χ3v) is 7.27. The molecule has 0 fully saturated rings. The summed E-state index contributed by atoms with van der Waals surface area (Å²) in [5, 5.41) is 17.7. The highest BCUT2D eigenvalue weighted by Gasteiger charge is 2.28. The topological polar surface area (TPSA) is 122 Å². The van der Waals surface area contributed by atoms with Crippen molar-refractivity contribution in [3.8, 4) is 28.4 Å². The Hall–Kier alpha value is -3.60. The first-order valence-electron chi connectivity index (χ1n) is 13.3. The van der Waals surface area contributed by atoms with Crippen LogP contribution in [0.25, 0.3) is 22.6 Å². The second-order valence-electron chi connectivity index (χ2n) is 10.4. The van der Waals surface area contributed by atoms with E-state index in [0.29, 0.717) is 47.6 Å². The fraction of sp³-hybridized carbons (Fsp3) is 0.414. The second-order valence-corrected chi connectivity index (χ2v) is 10.8. The third kappa shape index (κ3) is 5.52. The largest absolute Gasteiger partial charge is 0.491 e. The van der Waals surface area contributed by atoms with Crippen LogP contribution < -0.4 is 15.0 Å². The zero-order valence-electron chi connectivity index (χ0n) is 23.6. The van der Waals surface area contributed by atoms with Gasteiger partial charge in [-0.15, -0.1) is 0 Å². The number of hydrogen-bond acceptors (Lipinski definition) is 10. The van der Waals surface area contributed by atoms with Crippen LogP contribution in [0.2, 0.25) is 5.02 Å². The fourth-order valence-corrected chi connectivity index (χ4v) is 5.05. The molecule has 210 valence electrons. The highest BCUT2D eigenvalue weighted by Crippen LogP contribution is 2.39. The molecule has 40 heavy (non-hydrogen) atoms. The lowest BCUT2D eigenvalue weighted by Gasteiger charge is -2.22. The SMILES string of the molecule is CNC[C@@H](O)COc1ccc(Cl)c(-c2nc(-c3c(C)noc3C)c(C)c(N3Cc4cnc(C(C)C)nc4C3)n2)c1. The van der Waals surface area contributed by atoms with Crippen molar-refractivity contribution < 1.29 is 14.4 Å². The highest BCUT2D eigenvalue weighted by atomic mass is 35.5. The number of nitrogens with zero attached hydrogens (tertiary/aromatic N) is 6. The third-order valence-electron chi connectivity index (χ3n) is 6.94. The summed E-state index contributed by atoms with van der Waals surface area (Å²) in [6.07, 6.45) is 1.28. The molecule has 0 saturated heterocycles. The summed E-state index contributed by atoms with van der Waals surface area (Å²) in [7, 11) is 1.78. The van der Waals surface area contributed by atoms with Gasteiger partial charge in [-0.25, -0.2) is 19.9 Å². The maximum absolute atomic E-state index is 10.1. The van der Waals surface area contributed by atoms with Crippen LogP contribution >= 0.6 is 11.6 Å². The summed E-state index contributed by atoms with van der Waals surface area (Å²) in [5.41, 5.74) is 5.92. The van der Waals surface area contributed by atoms with Gasteiger partial charge in [0.1, 0.15) is 35.9 Å². The zero-order chi connectivity index (χ0) is 28.6. The van der Waals surface area contributed by atoms with Crippen LogP contribution in [-0.2, 0) is 13.1 Å². The summed E-state index contributed by atoms with van der Waals surface area (Å²) in [6.45, 7) is 11.8. The molecule has 1 aliphatic heterocycles. The zero-order valence-corrected chi connectivity index (χ0v) is 24.4.